The van der Waals surface area contributed by atoms with Crippen LogP contribution in [0.1, 0.15) is 12.5 Å². The smallest absolute Gasteiger partial charge is 0.118 e. The number of nitrogens with zero attached hydrogens (tertiary/aromatic N) is 1. The van der Waals surface area contributed by atoms with E-state index in [0.717, 1.165) is 11.3 Å². The molecule has 0 spiro atoms. The van der Waals surface area contributed by atoms with E-state index >= 15 is 0 Å². The van der Waals surface area contributed by atoms with Crippen molar-refractivity contribution in [1.29, 1.82) is 5.26 Å². The zero-order valence-electron chi connectivity index (χ0n) is 8.04. The van der Waals surface area contributed by atoms with Crippen LogP contribution in [0.5, 0.6) is 5.75 Å². The van der Waals surface area contributed by atoms with E-state index in [1.54, 1.807) is 14.0 Å². The molecule has 14 heavy (non-hydrogen) atoms. The number of hydrogen-bond donors (Lipinski definition) is 0. The summed E-state index contributed by atoms with van der Waals surface area (Å²) < 4.78 is 5.01. The molecule has 0 fully saturated rings. The fraction of sp³-hybridized carbons (Fsp3) is 0.182. The number of rotatable bonds is 2. The van der Waals surface area contributed by atoms with Crippen LogP contribution < -0.4 is 4.74 Å². The number of methoxy groups -OCH3 is 1. The van der Waals surface area contributed by atoms with Crippen molar-refractivity contribution in [1.82, 2.24) is 0 Å². The molecule has 0 N–H and O–H groups in total. The molecule has 0 aliphatic carbocycles. The van der Waals surface area contributed by atoms with Crippen LogP contribution in [0.3, 0.4) is 0 Å². The number of ether oxygens (including phenoxy) is 1. The van der Waals surface area contributed by atoms with Crippen molar-refractivity contribution in [3.63, 3.8) is 0 Å². The SMILES string of the molecule is COc1ccc(C(Cl)=C(C)C#N)cc1. The van der Waals surface area contributed by atoms with Gasteiger partial charge in [0.1, 0.15) is 5.75 Å². The summed E-state index contributed by atoms with van der Waals surface area (Å²) in [6, 6.07) is 9.27. The van der Waals surface area contributed by atoms with Crippen LogP contribution >= 0.6 is 11.6 Å². The minimum absolute atomic E-state index is 0.482. The summed E-state index contributed by atoms with van der Waals surface area (Å²) in [6.45, 7) is 1.69. The maximum absolute atomic E-state index is 8.65. The van der Waals surface area contributed by atoms with Crippen molar-refractivity contribution in [2.75, 3.05) is 7.11 Å². The van der Waals surface area contributed by atoms with Gasteiger partial charge in [0.05, 0.1) is 18.2 Å². The van der Waals surface area contributed by atoms with Crippen molar-refractivity contribution in [2.24, 2.45) is 0 Å². The van der Waals surface area contributed by atoms with E-state index in [1.807, 2.05) is 30.3 Å². The maximum Gasteiger partial charge on any atom is 0.118 e. The summed E-state index contributed by atoms with van der Waals surface area (Å²) in [6.07, 6.45) is 0. The highest BCUT2D eigenvalue weighted by atomic mass is 35.5. The molecule has 0 aromatic heterocycles. The second-order valence-corrected chi connectivity index (χ2v) is 3.16. The lowest BCUT2D eigenvalue weighted by Crippen LogP contribution is -1.84. The number of nitriles is 1. The van der Waals surface area contributed by atoms with Gasteiger partial charge in [-0.1, -0.05) is 11.6 Å². The van der Waals surface area contributed by atoms with Crippen LogP contribution in [0, 0.1) is 11.3 Å². The van der Waals surface area contributed by atoms with Crippen molar-refractivity contribution in [2.45, 2.75) is 6.92 Å². The highest BCUT2D eigenvalue weighted by Gasteiger charge is 2.02. The van der Waals surface area contributed by atoms with Gasteiger partial charge in [0.15, 0.2) is 0 Å². The molecule has 0 aliphatic heterocycles. The van der Waals surface area contributed by atoms with Gasteiger partial charge in [-0.3, -0.25) is 0 Å². The second-order valence-electron chi connectivity index (χ2n) is 2.78. The van der Waals surface area contributed by atoms with E-state index in [4.69, 9.17) is 21.6 Å². The number of halogens is 1. The molecule has 0 bridgehead atoms. The van der Waals surface area contributed by atoms with E-state index in [-0.39, 0.29) is 0 Å². The monoisotopic (exact) mass is 207 g/mol. The summed E-state index contributed by atoms with van der Waals surface area (Å²) in [5.74, 6) is 0.771. The van der Waals surface area contributed by atoms with Gasteiger partial charge in [-0.05, 0) is 36.8 Å². The minimum Gasteiger partial charge on any atom is -0.497 e. The third kappa shape index (κ3) is 2.27. The summed E-state index contributed by atoms with van der Waals surface area (Å²) in [4.78, 5) is 0. The highest BCUT2D eigenvalue weighted by molar-refractivity contribution is 6.49. The lowest BCUT2D eigenvalue weighted by atomic mass is 10.1. The third-order valence-electron chi connectivity index (χ3n) is 1.84. The first-order chi connectivity index (χ1) is 6.69. The van der Waals surface area contributed by atoms with Gasteiger partial charge in [0.25, 0.3) is 0 Å². The highest BCUT2D eigenvalue weighted by Crippen LogP contribution is 2.24. The average molecular weight is 208 g/mol. The minimum atomic E-state index is 0.482. The predicted octanol–water partition coefficient (Wildman–Crippen LogP) is 3.19. The topological polar surface area (TPSA) is 33.0 Å². The average Bonchev–Trinajstić information content (AvgIpc) is 2.27. The fourth-order valence-electron chi connectivity index (χ4n) is 1.00. The van der Waals surface area contributed by atoms with Gasteiger partial charge in [-0.2, -0.15) is 5.26 Å². The number of allylic oxidation sites excluding steroid dienone is 1. The largest absolute Gasteiger partial charge is 0.497 e. The van der Waals surface area contributed by atoms with Gasteiger partial charge in [0.2, 0.25) is 0 Å². The molecule has 72 valence electrons. The Morgan fingerprint density at radius 3 is 2.36 bits per heavy atom. The second kappa shape index (κ2) is 4.69. The normalized spacial score (nSPS) is 11.6. The molecule has 2 nitrogen and oxygen atoms in total. The first-order valence-corrected chi connectivity index (χ1v) is 4.47. The predicted molar refractivity (Wildman–Crippen MR) is 57.1 cm³/mol. The molecule has 0 amide bonds. The van der Waals surface area contributed by atoms with Gasteiger partial charge in [-0.25, -0.2) is 0 Å². The quantitative estimate of drug-likeness (QED) is 0.698. The zero-order valence-corrected chi connectivity index (χ0v) is 8.80. The van der Waals surface area contributed by atoms with E-state index in [0.29, 0.717) is 10.6 Å². The van der Waals surface area contributed by atoms with E-state index in [1.165, 1.54) is 0 Å². The van der Waals surface area contributed by atoms with Crippen LogP contribution in [0.4, 0.5) is 0 Å². The molecule has 0 saturated carbocycles. The van der Waals surface area contributed by atoms with Crippen LogP contribution in [-0.4, -0.2) is 7.11 Å². The molecule has 0 atom stereocenters. The first kappa shape index (κ1) is 10.6. The third-order valence-corrected chi connectivity index (χ3v) is 2.34. The molecular formula is C11H10ClNO. The zero-order chi connectivity index (χ0) is 10.6. The van der Waals surface area contributed by atoms with Crippen molar-refractivity contribution >= 4 is 16.6 Å². The van der Waals surface area contributed by atoms with Crippen LogP contribution in [0.15, 0.2) is 29.8 Å². The summed E-state index contributed by atoms with van der Waals surface area (Å²) in [5, 5.41) is 9.13. The summed E-state index contributed by atoms with van der Waals surface area (Å²) in [7, 11) is 1.60. The van der Waals surface area contributed by atoms with Crippen molar-refractivity contribution in [3.8, 4) is 11.8 Å². The van der Waals surface area contributed by atoms with E-state index in [9.17, 15) is 0 Å². The van der Waals surface area contributed by atoms with Gasteiger partial charge < -0.3 is 4.74 Å². The first-order valence-electron chi connectivity index (χ1n) is 4.10. The van der Waals surface area contributed by atoms with Crippen molar-refractivity contribution < 1.29 is 4.74 Å². The van der Waals surface area contributed by atoms with Crippen LogP contribution in [-0.2, 0) is 0 Å². The Morgan fingerprint density at radius 1 is 1.36 bits per heavy atom. The van der Waals surface area contributed by atoms with E-state index < -0.39 is 0 Å². The molecular weight excluding hydrogens is 198 g/mol. The molecule has 0 heterocycles. The molecule has 1 rings (SSSR count). The van der Waals surface area contributed by atoms with Gasteiger partial charge in [-0.15, -0.1) is 0 Å². The van der Waals surface area contributed by atoms with Gasteiger partial charge in [0, 0.05) is 5.57 Å². The Balaban J connectivity index is 3.05. The molecule has 0 aliphatic rings. The lowest BCUT2D eigenvalue weighted by molar-refractivity contribution is 0.415. The molecule has 0 radical (unpaired) electrons. The Kier molecular flexibility index (Phi) is 3.55. The van der Waals surface area contributed by atoms with E-state index in [2.05, 4.69) is 0 Å². The fourth-order valence-corrected chi connectivity index (χ4v) is 1.17. The lowest BCUT2D eigenvalue weighted by Gasteiger charge is -2.02. The molecule has 0 unspecified atom stereocenters. The Morgan fingerprint density at radius 2 is 1.93 bits per heavy atom. The Labute approximate surface area is 88.4 Å². The van der Waals surface area contributed by atoms with Crippen molar-refractivity contribution in [3.05, 3.63) is 35.4 Å². The Hall–Kier alpha value is -1.46. The van der Waals surface area contributed by atoms with Gasteiger partial charge >= 0.3 is 0 Å². The van der Waals surface area contributed by atoms with Crippen LogP contribution in [0.2, 0.25) is 0 Å². The molecule has 0 saturated heterocycles. The summed E-state index contributed by atoms with van der Waals surface area (Å²) >= 11 is 5.97. The maximum atomic E-state index is 8.65. The molecule has 1 aromatic carbocycles. The molecule has 3 heteroatoms. The summed E-state index contributed by atoms with van der Waals surface area (Å²) in [5.41, 5.74) is 1.34. The Bertz CT molecular complexity index is 387. The number of hydrogen-bond acceptors (Lipinski definition) is 2. The number of benzene rings is 1. The molecule has 1 aromatic rings. The standard InChI is InChI=1S/C11H10ClNO/c1-8(7-13)11(12)9-3-5-10(14-2)6-4-9/h3-6H,1-2H3. The van der Waals surface area contributed by atoms with Crippen LogP contribution in [0.25, 0.3) is 5.03 Å².